The van der Waals surface area contributed by atoms with Gasteiger partial charge in [-0.15, -0.1) is 4.91 Å². The number of rotatable bonds is 3. The molecule has 5 atom stereocenters. The van der Waals surface area contributed by atoms with Crippen LogP contribution >= 0.6 is 0 Å². The summed E-state index contributed by atoms with van der Waals surface area (Å²) in [6.45, 7) is 2.31. The lowest BCUT2D eigenvalue weighted by Gasteiger charge is -2.24. The van der Waals surface area contributed by atoms with E-state index in [4.69, 9.17) is 4.74 Å². The van der Waals surface area contributed by atoms with Crippen molar-refractivity contribution in [3.05, 3.63) is 4.91 Å². The molecular weight excluding hydrogens is 166 g/mol. The lowest BCUT2D eigenvalue weighted by atomic mass is 9.87. The van der Waals surface area contributed by atoms with Crippen molar-refractivity contribution in [2.24, 2.45) is 28.8 Å². The molecule has 2 saturated carbocycles. The maximum atomic E-state index is 10.5. The van der Waals surface area contributed by atoms with Crippen LogP contribution in [-0.2, 0) is 4.74 Å². The van der Waals surface area contributed by atoms with Gasteiger partial charge in [-0.2, -0.15) is 0 Å². The maximum absolute atomic E-state index is 10.5. The van der Waals surface area contributed by atoms with Gasteiger partial charge in [0.2, 0.25) is 0 Å². The highest BCUT2D eigenvalue weighted by Crippen LogP contribution is 2.53. The van der Waals surface area contributed by atoms with Crippen LogP contribution in [0.4, 0.5) is 0 Å². The predicted molar refractivity (Wildman–Crippen MR) is 50.1 cm³/mol. The van der Waals surface area contributed by atoms with Crippen molar-refractivity contribution >= 4 is 0 Å². The molecule has 0 radical (unpaired) electrons. The number of nitrogens with zero attached hydrogens (tertiary/aromatic N) is 1. The molecule has 3 heteroatoms. The van der Waals surface area contributed by atoms with Crippen LogP contribution in [0.5, 0.6) is 0 Å². The number of methoxy groups -OCH3 is 1. The molecule has 0 spiro atoms. The van der Waals surface area contributed by atoms with Gasteiger partial charge in [0, 0.05) is 13.0 Å². The second kappa shape index (κ2) is 3.37. The van der Waals surface area contributed by atoms with Crippen LogP contribution in [0.25, 0.3) is 0 Å². The van der Waals surface area contributed by atoms with Gasteiger partial charge >= 0.3 is 0 Å². The van der Waals surface area contributed by atoms with Crippen molar-refractivity contribution in [2.75, 3.05) is 7.11 Å². The molecule has 2 aliphatic carbocycles. The minimum Gasteiger partial charge on any atom is -0.356 e. The maximum Gasteiger partial charge on any atom is 0.192 e. The highest BCUT2D eigenvalue weighted by atomic mass is 16.5. The van der Waals surface area contributed by atoms with E-state index >= 15 is 0 Å². The first-order chi connectivity index (χ1) is 6.27. The summed E-state index contributed by atoms with van der Waals surface area (Å²) in [5.41, 5.74) is 0. The number of nitroso groups, excluding NO2 is 1. The second-order valence-electron chi connectivity index (χ2n) is 4.49. The topological polar surface area (TPSA) is 38.7 Å². The number of fused-ring (bicyclic) bond motifs is 2. The van der Waals surface area contributed by atoms with Crippen LogP contribution in [0.2, 0.25) is 0 Å². The SMILES string of the molecule is COC(N=O)C1CC2CCC1C2C. The van der Waals surface area contributed by atoms with Crippen LogP contribution < -0.4 is 0 Å². The molecule has 0 aromatic rings. The quantitative estimate of drug-likeness (QED) is 0.630. The third-order valence-corrected chi connectivity index (χ3v) is 4.13. The summed E-state index contributed by atoms with van der Waals surface area (Å²) in [5, 5.41) is 3.07. The Bertz CT molecular complexity index is 207. The van der Waals surface area contributed by atoms with Gasteiger partial charge in [0.1, 0.15) is 0 Å². The van der Waals surface area contributed by atoms with Gasteiger partial charge in [0.15, 0.2) is 6.23 Å². The molecule has 2 fully saturated rings. The molecular formula is C10H17NO2. The zero-order chi connectivity index (χ0) is 9.42. The van der Waals surface area contributed by atoms with Crippen LogP contribution in [0, 0.1) is 28.6 Å². The third-order valence-electron chi connectivity index (χ3n) is 4.13. The fourth-order valence-electron chi connectivity index (χ4n) is 3.37. The molecule has 0 saturated heterocycles. The molecule has 2 aliphatic rings. The van der Waals surface area contributed by atoms with Gasteiger partial charge in [-0.25, -0.2) is 0 Å². The minimum absolute atomic E-state index is 0.391. The summed E-state index contributed by atoms with van der Waals surface area (Å²) < 4.78 is 5.11. The normalized spacial score (nSPS) is 45.1. The summed E-state index contributed by atoms with van der Waals surface area (Å²) in [6.07, 6.45) is 3.37. The number of hydrogen-bond acceptors (Lipinski definition) is 3. The fourth-order valence-corrected chi connectivity index (χ4v) is 3.37. The Morgan fingerprint density at radius 3 is 2.62 bits per heavy atom. The van der Waals surface area contributed by atoms with Crippen LogP contribution in [-0.4, -0.2) is 13.3 Å². The van der Waals surface area contributed by atoms with Gasteiger partial charge in [-0.05, 0) is 42.2 Å². The van der Waals surface area contributed by atoms with E-state index in [0.29, 0.717) is 11.8 Å². The van der Waals surface area contributed by atoms with Crippen LogP contribution in [0.3, 0.4) is 0 Å². The van der Waals surface area contributed by atoms with Gasteiger partial charge in [-0.1, -0.05) is 6.92 Å². The summed E-state index contributed by atoms with van der Waals surface area (Å²) >= 11 is 0. The largest absolute Gasteiger partial charge is 0.356 e. The molecule has 5 unspecified atom stereocenters. The lowest BCUT2D eigenvalue weighted by molar-refractivity contribution is 0.0322. The second-order valence-corrected chi connectivity index (χ2v) is 4.49. The van der Waals surface area contributed by atoms with Crippen molar-refractivity contribution in [3.63, 3.8) is 0 Å². The Hall–Kier alpha value is -0.440. The average Bonchev–Trinajstić information content (AvgIpc) is 2.64. The van der Waals surface area contributed by atoms with E-state index in [1.807, 2.05) is 0 Å². The van der Waals surface area contributed by atoms with Gasteiger partial charge in [0.25, 0.3) is 0 Å². The molecule has 0 N–H and O–H groups in total. The van der Waals surface area contributed by atoms with Crippen molar-refractivity contribution in [1.29, 1.82) is 0 Å². The zero-order valence-corrected chi connectivity index (χ0v) is 8.27. The Kier molecular flexibility index (Phi) is 2.37. The van der Waals surface area contributed by atoms with Crippen molar-refractivity contribution in [3.8, 4) is 0 Å². The van der Waals surface area contributed by atoms with E-state index in [2.05, 4.69) is 12.1 Å². The number of ether oxygens (including phenoxy) is 1. The summed E-state index contributed by atoms with van der Waals surface area (Å²) in [7, 11) is 1.59. The van der Waals surface area contributed by atoms with Gasteiger partial charge in [0.05, 0.1) is 0 Å². The monoisotopic (exact) mass is 183 g/mol. The summed E-state index contributed by atoms with van der Waals surface area (Å²) in [5.74, 6) is 2.70. The van der Waals surface area contributed by atoms with Crippen molar-refractivity contribution in [2.45, 2.75) is 32.4 Å². The molecule has 3 nitrogen and oxygen atoms in total. The molecule has 0 aromatic heterocycles. The van der Waals surface area contributed by atoms with Crippen LogP contribution in [0.15, 0.2) is 5.18 Å². The molecule has 2 rings (SSSR count). The Labute approximate surface area is 78.8 Å². The third kappa shape index (κ3) is 1.30. The van der Waals surface area contributed by atoms with E-state index in [-0.39, 0.29) is 0 Å². The zero-order valence-electron chi connectivity index (χ0n) is 8.27. The molecule has 13 heavy (non-hydrogen) atoms. The fraction of sp³-hybridized carbons (Fsp3) is 1.00. The summed E-state index contributed by atoms with van der Waals surface area (Å²) in [6, 6.07) is 0. The molecule has 0 heterocycles. The Morgan fingerprint density at radius 1 is 1.46 bits per heavy atom. The first kappa shape index (κ1) is 9.13. The molecule has 2 bridgehead atoms. The Morgan fingerprint density at radius 2 is 2.23 bits per heavy atom. The summed E-state index contributed by atoms with van der Waals surface area (Å²) in [4.78, 5) is 10.5. The average molecular weight is 183 g/mol. The van der Waals surface area contributed by atoms with Gasteiger partial charge in [-0.3, -0.25) is 0 Å². The van der Waals surface area contributed by atoms with E-state index < -0.39 is 6.23 Å². The highest BCUT2D eigenvalue weighted by molar-refractivity contribution is 4.96. The number of hydrogen-bond donors (Lipinski definition) is 0. The van der Waals surface area contributed by atoms with E-state index in [1.165, 1.54) is 12.8 Å². The minimum atomic E-state index is -0.391. The predicted octanol–water partition coefficient (Wildman–Crippen LogP) is 2.41. The first-order valence-electron chi connectivity index (χ1n) is 5.13. The standard InChI is InChI=1S/C10H17NO2/c1-6-7-3-4-8(6)9(5-7)10(11-12)13-2/h6-10H,3-5H2,1-2H3. The van der Waals surface area contributed by atoms with E-state index in [1.54, 1.807) is 7.11 Å². The van der Waals surface area contributed by atoms with Crippen molar-refractivity contribution < 1.29 is 4.74 Å². The Balaban J connectivity index is 2.07. The molecule has 0 aromatic carbocycles. The molecule has 74 valence electrons. The highest BCUT2D eigenvalue weighted by Gasteiger charge is 2.48. The first-order valence-corrected chi connectivity index (χ1v) is 5.13. The molecule has 0 amide bonds. The van der Waals surface area contributed by atoms with Crippen LogP contribution in [0.1, 0.15) is 26.2 Å². The van der Waals surface area contributed by atoms with E-state index in [9.17, 15) is 4.91 Å². The lowest BCUT2D eigenvalue weighted by Crippen LogP contribution is -2.26. The molecule has 0 aliphatic heterocycles. The van der Waals surface area contributed by atoms with Crippen molar-refractivity contribution in [1.82, 2.24) is 0 Å². The smallest absolute Gasteiger partial charge is 0.192 e. The van der Waals surface area contributed by atoms with Gasteiger partial charge < -0.3 is 4.74 Å². The van der Waals surface area contributed by atoms with E-state index in [0.717, 1.165) is 18.3 Å².